The largest absolute Gasteiger partial charge is 0.310 e. The van der Waals surface area contributed by atoms with E-state index >= 15 is 0 Å². The maximum absolute atomic E-state index is 2.46. The molecule has 0 radical (unpaired) electrons. The Hall–Kier alpha value is -18.5. The monoisotopic (exact) mass is 1830 g/mol. The van der Waals surface area contributed by atoms with Gasteiger partial charge in [0.05, 0.1) is 33.2 Å². The zero-order valence-electron chi connectivity index (χ0n) is 79.9. The molecule has 0 atom stereocenters. The van der Waals surface area contributed by atoms with E-state index < -0.39 is 5.41 Å². The van der Waals surface area contributed by atoms with Gasteiger partial charge in [-0.05, 0) is 290 Å². The molecule has 27 rings (SSSR count). The number of rotatable bonds is 18. The van der Waals surface area contributed by atoms with Gasteiger partial charge in [0.1, 0.15) is 0 Å². The van der Waals surface area contributed by atoms with Gasteiger partial charge in [-0.3, -0.25) is 0 Å². The fourth-order valence-corrected chi connectivity index (χ4v) is 23.2. The predicted molar refractivity (Wildman–Crippen MR) is 607 cm³/mol. The van der Waals surface area contributed by atoms with Crippen molar-refractivity contribution >= 4 is 88.5 Å². The van der Waals surface area contributed by atoms with Crippen LogP contribution in [0, 0.1) is 0 Å². The Bertz CT molecular complexity index is 9060. The summed E-state index contributed by atoms with van der Waals surface area (Å²) in [7, 11) is 0. The molecule has 4 heteroatoms. The van der Waals surface area contributed by atoms with E-state index in [0.717, 1.165) is 73.3 Å². The lowest BCUT2D eigenvalue weighted by Crippen LogP contribution is -2.28. The first kappa shape index (κ1) is 85.9. The lowest BCUT2D eigenvalue weighted by molar-refractivity contribution is 0.660. The summed E-state index contributed by atoms with van der Waals surface area (Å²) >= 11 is 0. The van der Waals surface area contributed by atoms with Crippen molar-refractivity contribution in [2.75, 3.05) is 9.80 Å². The van der Waals surface area contributed by atoms with Gasteiger partial charge in [-0.2, -0.15) is 0 Å². The summed E-state index contributed by atoms with van der Waals surface area (Å²) in [6.07, 6.45) is 0. The quantitative estimate of drug-likeness (QED) is 0.0851. The van der Waals surface area contributed by atoms with Crippen LogP contribution in [0.1, 0.15) is 47.2 Å². The van der Waals surface area contributed by atoms with E-state index in [2.05, 4.69) is 591 Å². The third kappa shape index (κ3) is 15.1. The molecule has 0 fully saturated rings. The molecule has 678 valence electrons. The average Bonchev–Trinajstić information content (AvgIpc) is 1.53. The lowest BCUT2D eigenvalue weighted by atomic mass is 9.67. The van der Waals surface area contributed by atoms with Crippen LogP contribution in [0.2, 0.25) is 0 Å². The van der Waals surface area contributed by atoms with E-state index in [1.54, 1.807) is 0 Å². The van der Waals surface area contributed by atoms with Crippen molar-refractivity contribution in [1.29, 1.82) is 0 Å². The zero-order chi connectivity index (χ0) is 95.8. The minimum Gasteiger partial charge on any atom is -0.310 e. The van der Waals surface area contributed by atoms with Crippen LogP contribution < -0.4 is 9.80 Å². The van der Waals surface area contributed by atoms with Gasteiger partial charge in [0.15, 0.2) is 0 Å². The average molecular weight is 1840 g/mol. The summed E-state index contributed by atoms with van der Waals surface area (Å²) in [4.78, 5) is 4.87. The van der Waals surface area contributed by atoms with Gasteiger partial charge in [0.25, 0.3) is 0 Å². The molecule has 0 saturated heterocycles. The van der Waals surface area contributed by atoms with Crippen molar-refractivity contribution in [1.82, 2.24) is 9.13 Å². The topological polar surface area (TPSA) is 16.3 Å². The van der Waals surface area contributed by atoms with E-state index in [4.69, 9.17) is 0 Å². The highest BCUT2D eigenvalue weighted by Crippen LogP contribution is 2.59. The molecule has 2 aromatic heterocycles. The molecule has 25 aromatic rings. The molecule has 2 aliphatic carbocycles. The Labute approximate surface area is 840 Å². The molecule has 0 saturated carbocycles. The zero-order valence-corrected chi connectivity index (χ0v) is 79.9. The molecule has 0 aliphatic heterocycles. The molecule has 4 nitrogen and oxygen atoms in total. The number of anilines is 6. The minimum atomic E-state index is -0.510. The maximum atomic E-state index is 2.46. The van der Waals surface area contributed by atoms with Crippen molar-refractivity contribution < 1.29 is 0 Å². The third-order valence-corrected chi connectivity index (χ3v) is 29.9. The molecule has 23 aromatic carbocycles. The molecular weight excluding hydrogens is 1740 g/mol. The Kier molecular flexibility index (Phi) is 21.5. The number of hydrogen-bond acceptors (Lipinski definition) is 2. The summed E-state index contributed by atoms with van der Waals surface area (Å²) in [6.45, 7) is 4.70. The van der Waals surface area contributed by atoms with E-state index in [0.29, 0.717) is 0 Å². The van der Waals surface area contributed by atoms with Gasteiger partial charge in [-0.1, -0.05) is 432 Å². The molecule has 0 N–H and O–H groups in total. The lowest BCUT2D eigenvalue weighted by Gasteiger charge is -2.35. The summed E-state index contributed by atoms with van der Waals surface area (Å²) in [5.41, 5.74) is 44.9. The van der Waals surface area contributed by atoms with Crippen molar-refractivity contribution in [3.8, 4) is 123 Å². The number of nitrogens with zero attached hydrogens (tertiary/aromatic N) is 4. The first-order valence-electron chi connectivity index (χ1n) is 49.9. The predicted octanol–water partition coefficient (Wildman–Crippen LogP) is 37.7. The highest BCUT2D eigenvalue weighted by atomic mass is 15.2. The Morgan fingerprint density at radius 2 is 0.486 bits per heavy atom. The SMILES string of the molecule is CC1(C)c2ccccc2-c2cc(N(c3cccc(-c4cccc(-c5ccc6c7ccccc7n(-c7cc(-c8ccccc8)cc(-c8ccccc8)c7)c6c5)c4)c3)c3cccc4ccccc34)ccc21.c1ccc(-c2cc(-c3ccccc3)cc(-n3c4ccccc4c4ccc(-c5cccc(-c6cccc(N(c7ccccc7)c7ccc8c(c7)C(c7ccccc7)(c7ccccc7)c7ccccc7-8)c6)c5)cc43)c2)cc1. The van der Waals surface area contributed by atoms with E-state index in [1.807, 2.05) is 0 Å². The van der Waals surface area contributed by atoms with Crippen LogP contribution in [0.25, 0.3) is 177 Å². The van der Waals surface area contributed by atoms with Crippen LogP contribution in [0.4, 0.5) is 34.1 Å². The van der Waals surface area contributed by atoms with Crippen molar-refractivity contribution in [3.05, 3.63) is 591 Å². The van der Waals surface area contributed by atoms with Gasteiger partial charge in [-0.15, -0.1) is 0 Å². The number of aromatic nitrogens is 2. The summed E-state index contributed by atoms with van der Waals surface area (Å²) < 4.78 is 4.92. The number of benzene rings is 23. The fraction of sp³-hybridized carbons (Fsp3) is 0.0286. The Morgan fingerprint density at radius 1 is 0.167 bits per heavy atom. The van der Waals surface area contributed by atoms with Crippen molar-refractivity contribution in [3.63, 3.8) is 0 Å². The van der Waals surface area contributed by atoms with Gasteiger partial charge in [-0.25, -0.2) is 0 Å². The van der Waals surface area contributed by atoms with Crippen molar-refractivity contribution in [2.24, 2.45) is 0 Å². The van der Waals surface area contributed by atoms with Gasteiger partial charge >= 0.3 is 0 Å². The molecule has 2 heterocycles. The summed E-state index contributed by atoms with van der Waals surface area (Å²) in [6, 6.07) is 205. The van der Waals surface area contributed by atoms with Gasteiger partial charge < -0.3 is 18.9 Å². The fourth-order valence-electron chi connectivity index (χ4n) is 23.2. The second-order valence-corrected chi connectivity index (χ2v) is 38.6. The van der Waals surface area contributed by atoms with Crippen LogP contribution in [0.5, 0.6) is 0 Å². The first-order chi connectivity index (χ1) is 71.1. The first-order valence-corrected chi connectivity index (χ1v) is 49.9. The van der Waals surface area contributed by atoms with Crippen molar-refractivity contribution in [2.45, 2.75) is 24.7 Å². The van der Waals surface area contributed by atoms with E-state index in [9.17, 15) is 0 Å². The molecule has 0 amide bonds. The molecule has 2 aliphatic rings. The highest BCUT2D eigenvalue weighted by Gasteiger charge is 2.47. The molecule has 0 unspecified atom stereocenters. The second-order valence-electron chi connectivity index (χ2n) is 38.6. The van der Waals surface area contributed by atoms with Crippen LogP contribution in [-0.4, -0.2) is 9.13 Å². The highest BCUT2D eigenvalue weighted by molar-refractivity contribution is 6.13. The van der Waals surface area contributed by atoms with Crippen LogP contribution >= 0.6 is 0 Å². The number of hydrogen-bond donors (Lipinski definition) is 0. The van der Waals surface area contributed by atoms with Crippen LogP contribution in [0.3, 0.4) is 0 Å². The minimum absolute atomic E-state index is 0.0693. The smallest absolute Gasteiger partial charge is 0.0714 e. The molecule has 0 spiro atoms. The Morgan fingerprint density at radius 3 is 0.979 bits per heavy atom. The van der Waals surface area contributed by atoms with E-state index in [1.165, 1.54) is 171 Å². The van der Waals surface area contributed by atoms with Gasteiger partial charge in [0.2, 0.25) is 0 Å². The Balaban J connectivity index is 0.000000147. The number of fused-ring (bicyclic) bond motifs is 13. The van der Waals surface area contributed by atoms with Gasteiger partial charge in [0, 0.05) is 72.2 Å². The van der Waals surface area contributed by atoms with E-state index in [-0.39, 0.29) is 5.41 Å². The molecule has 144 heavy (non-hydrogen) atoms. The summed E-state index contributed by atoms with van der Waals surface area (Å²) in [5.74, 6) is 0. The molecular formula is C140H98N4. The normalized spacial score (nSPS) is 12.5. The third-order valence-electron chi connectivity index (χ3n) is 29.9. The van der Waals surface area contributed by atoms with Crippen LogP contribution in [-0.2, 0) is 10.8 Å². The van der Waals surface area contributed by atoms with Crippen LogP contribution in [0.15, 0.2) is 558 Å². The second kappa shape index (κ2) is 36.1. The maximum Gasteiger partial charge on any atom is 0.0714 e. The number of para-hydroxylation sites is 3. The molecule has 0 bridgehead atoms. The summed E-state index contributed by atoms with van der Waals surface area (Å²) in [5, 5.41) is 7.36. The standard InChI is InChI=1S/C73H50N2.C67H48N2/c1-6-22-51(23-7-1)57-45-58(52-24-8-2-9-25-52)48-64(47-57)75-71-39-19-17-37-67(71)68-42-40-56(49-72(68)75)54-27-20-26-53(44-54)55-28-21-35-62(46-55)74(61-33-14-5-15-34-61)63-41-43-66-65-36-16-18-38-69(65)73(70(66)50-63,59-29-10-3-11-30-59)60-31-12-4-13-32-60;1-67(2)62-31-13-11-29-58(62)61-44-55(35-37-63(61)67)68(64-33-17-23-47-22-9-10-28-57(47)64)54-27-16-26-50(40-54)48-24-15-25-49(38-48)51-34-36-60-59-30-12-14-32-65(59)69(66(60)43-51)56-41-52(45-18-5-3-6-19-45)39-53(42-56)46-20-7-4-8-21-46/h1-50H;3-44H,1-2H3.